The van der Waals surface area contributed by atoms with Gasteiger partial charge in [-0.15, -0.1) is 0 Å². The molecule has 5 aromatic rings. The van der Waals surface area contributed by atoms with Crippen molar-refractivity contribution in [1.29, 1.82) is 0 Å². The molecule has 0 fully saturated rings. The van der Waals surface area contributed by atoms with E-state index in [0.717, 1.165) is 5.39 Å². The number of carbonyl (C=O) groups excluding carboxylic acids is 6. The van der Waals surface area contributed by atoms with E-state index in [0.29, 0.717) is 56.2 Å². The minimum Gasteiger partial charge on any atom is -0.370 e. The first-order chi connectivity index (χ1) is 24.2. The van der Waals surface area contributed by atoms with Gasteiger partial charge in [-0.05, 0) is 67.4 Å². The summed E-state index contributed by atoms with van der Waals surface area (Å²) in [7, 11) is 0. The van der Waals surface area contributed by atoms with Gasteiger partial charge in [0.2, 0.25) is 5.91 Å². The van der Waals surface area contributed by atoms with E-state index >= 15 is 0 Å². The summed E-state index contributed by atoms with van der Waals surface area (Å²) in [5.41, 5.74) is 10.5. The molecule has 11 N–H and O–H groups in total. The number of amides is 6. The summed E-state index contributed by atoms with van der Waals surface area (Å²) in [6.07, 6.45) is 4.46. The van der Waals surface area contributed by atoms with Gasteiger partial charge in [0, 0.05) is 64.8 Å². The Kier molecular flexibility index (Phi) is 10.3. The van der Waals surface area contributed by atoms with Gasteiger partial charge in [-0.25, -0.2) is 0 Å². The molecule has 51 heavy (non-hydrogen) atoms. The molecule has 0 unspecified atom stereocenters. The van der Waals surface area contributed by atoms with E-state index in [2.05, 4.69) is 69.0 Å². The minimum absolute atomic E-state index is 0.00586. The van der Waals surface area contributed by atoms with Crippen LogP contribution < -0.4 is 32.3 Å². The zero-order chi connectivity index (χ0) is 37.1. The Morgan fingerprint density at radius 1 is 0.686 bits per heavy atom. The number of primary amides is 1. The second-order valence-electron chi connectivity index (χ2n) is 11.7. The van der Waals surface area contributed by atoms with E-state index in [1.165, 1.54) is 18.6 Å². The van der Waals surface area contributed by atoms with E-state index in [-0.39, 0.29) is 40.4 Å². The van der Waals surface area contributed by atoms with Crippen molar-refractivity contribution in [2.45, 2.75) is 34.1 Å². The molecule has 0 spiro atoms. The summed E-state index contributed by atoms with van der Waals surface area (Å²) in [6.45, 7) is 10.4. The van der Waals surface area contributed by atoms with Crippen molar-refractivity contribution in [3.63, 3.8) is 0 Å². The lowest BCUT2D eigenvalue weighted by Gasteiger charge is -2.07. The Morgan fingerprint density at radius 3 is 1.63 bits per heavy atom. The lowest BCUT2D eigenvalue weighted by atomic mass is 10.1. The highest BCUT2D eigenvalue weighted by Crippen LogP contribution is 2.28. The van der Waals surface area contributed by atoms with Crippen molar-refractivity contribution in [3.05, 3.63) is 92.9 Å². The standard InChI is InChI=1S/C34H35BrN10O6/c1-14-20-10-19(41-30(47)18(5)35)6-7-21(20)42-29(14)34(51)45-24-13-40-28(17(24)4)33(50)44-23-12-39-27(16(23)3)32(49)43-22-11-38-26(15(22)2)31(48)37-9-8-25(36)46/h6-7,10-13,38-40,42H,5,8-9H2,1-4H3,(H2,36,46)(H,37,48)(H,41,47)(H,43,49)(H,44,50)(H,45,51). The molecule has 0 bridgehead atoms. The number of fused-ring (bicyclic) bond motifs is 1. The molecule has 0 saturated carbocycles. The van der Waals surface area contributed by atoms with Gasteiger partial charge >= 0.3 is 0 Å². The molecule has 0 atom stereocenters. The van der Waals surface area contributed by atoms with Crippen molar-refractivity contribution in [1.82, 2.24) is 25.3 Å². The molecule has 0 aliphatic heterocycles. The van der Waals surface area contributed by atoms with Gasteiger partial charge in [-0.2, -0.15) is 0 Å². The van der Waals surface area contributed by atoms with Crippen molar-refractivity contribution >= 4 is 85.0 Å². The number of hydrogen-bond donors (Lipinski definition) is 10. The topological polar surface area (TPSA) is 252 Å². The number of halogens is 1. The maximum Gasteiger partial charge on any atom is 0.272 e. The number of benzene rings is 1. The van der Waals surface area contributed by atoms with E-state index in [1.54, 1.807) is 45.9 Å². The number of nitrogens with two attached hydrogens (primary N) is 1. The van der Waals surface area contributed by atoms with Gasteiger partial charge in [-0.3, -0.25) is 28.8 Å². The van der Waals surface area contributed by atoms with Gasteiger partial charge in [-0.1, -0.05) is 6.58 Å². The number of anilines is 4. The summed E-state index contributed by atoms with van der Waals surface area (Å²) >= 11 is 3.05. The number of aromatic nitrogens is 4. The molecule has 264 valence electrons. The summed E-state index contributed by atoms with van der Waals surface area (Å²) in [4.78, 5) is 86.8. The second kappa shape index (κ2) is 14.6. The maximum absolute atomic E-state index is 13.3. The lowest BCUT2D eigenvalue weighted by Crippen LogP contribution is -2.28. The Labute approximate surface area is 298 Å². The van der Waals surface area contributed by atoms with Gasteiger partial charge in [0.1, 0.15) is 22.8 Å². The third kappa shape index (κ3) is 7.62. The van der Waals surface area contributed by atoms with Crippen LogP contribution in [0.1, 0.15) is 70.6 Å². The average molecular weight is 760 g/mol. The van der Waals surface area contributed by atoms with Crippen LogP contribution in [-0.4, -0.2) is 61.9 Å². The highest BCUT2D eigenvalue weighted by atomic mass is 79.9. The number of nitrogens with one attached hydrogen (secondary N) is 9. The molecule has 4 aromatic heterocycles. The smallest absolute Gasteiger partial charge is 0.272 e. The summed E-state index contributed by atoms with van der Waals surface area (Å²) in [5.74, 6) is -2.82. The predicted octanol–water partition coefficient (Wildman–Crippen LogP) is 4.60. The fourth-order valence-electron chi connectivity index (χ4n) is 5.36. The van der Waals surface area contributed by atoms with Gasteiger partial charge in [0.05, 0.1) is 21.5 Å². The van der Waals surface area contributed by atoms with Crippen molar-refractivity contribution < 1.29 is 28.8 Å². The number of H-pyrrole nitrogens is 4. The van der Waals surface area contributed by atoms with E-state index in [9.17, 15) is 28.8 Å². The van der Waals surface area contributed by atoms with Crippen molar-refractivity contribution in [2.75, 3.05) is 27.8 Å². The Bertz CT molecular complexity index is 2260. The number of aromatic amines is 4. The fourth-order valence-corrected chi connectivity index (χ4v) is 5.46. The van der Waals surface area contributed by atoms with E-state index in [1.807, 2.05) is 0 Å². The Morgan fingerprint density at radius 2 is 1.16 bits per heavy atom. The normalized spacial score (nSPS) is 10.8. The molecule has 0 aliphatic rings. The fraction of sp³-hybridized carbons (Fsp3) is 0.176. The highest BCUT2D eigenvalue weighted by molar-refractivity contribution is 9.12. The molecule has 1 aromatic carbocycles. The second-order valence-corrected chi connectivity index (χ2v) is 12.6. The van der Waals surface area contributed by atoms with Crippen LogP contribution in [0.25, 0.3) is 10.9 Å². The monoisotopic (exact) mass is 758 g/mol. The maximum atomic E-state index is 13.3. The number of aryl methyl sites for hydroxylation is 1. The molecule has 5 rings (SSSR count). The minimum atomic E-state index is -0.541. The molecule has 17 heteroatoms. The third-order valence-corrected chi connectivity index (χ3v) is 8.65. The van der Waals surface area contributed by atoms with E-state index in [4.69, 9.17) is 5.73 Å². The van der Waals surface area contributed by atoms with Crippen LogP contribution in [0, 0.1) is 27.7 Å². The Hall–Kier alpha value is -6.36. The highest BCUT2D eigenvalue weighted by Gasteiger charge is 2.23. The SMILES string of the molecule is C=C(Br)C(=O)Nc1ccc2[nH]c(C(=O)Nc3c[nH]c(C(=O)Nc4c[nH]c(C(=O)Nc5c[nH]c(C(=O)NCCC(N)=O)c5C)c4C)c3C)c(C)c2c1. The van der Waals surface area contributed by atoms with E-state index < -0.39 is 29.5 Å². The number of carbonyl (C=O) groups is 6. The number of hydrogen-bond acceptors (Lipinski definition) is 6. The van der Waals surface area contributed by atoms with Crippen LogP contribution in [0.2, 0.25) is 0 Å². The molecule has 16 nitrogen and oxygen atoms in total. The molecular weight excluding hydrogens is 724 g/mol. The zero-order valence-electron chi connectivity index (χ0n) is 28.0. The third-order valence-electron chi connectivity index (χ3n) is 8.29. The molecule has 0 saturated heterocycles. The molecule has 0 aliphatic carbocycles. The first kappa shape index (κ1) is 35.9. The average Bonchev–Trinajstić information content (AvgIpc) is 3.82. The summed E-state index contributed by atoms with van der Waals surface area (Å²) in [5, 5.41) is 14.4. The van der Waals surface area contributed by atoms with Crippen LogP contribution in [-0.2, 0) is 9.59 Å². The molecule has 4 heterocycles. The molecular formula is C34H35BrN10O6. The van der Waals surface area contributed by atoms with Crippen LogP contribution >= 0.6 is 15.9 Å². The molecule has 6 amide bonds. The van der Waals surface area contributed by atoms with Crippen molar-refractivity contribution in [2.24, 2.45) is 5.73 Å². The summed E-state index contributed by atoms with van der Waals surface area (Å²) < 4.78 is 0.183. The van der Waals surface area contributed by atoms with Crippen molar-refractivity contribution in [3.8, 4) is 0 Å². The van der Waals surface area contributed by atoms with Crippen LogP contribution in [0.15, 0.2) is 47.9 Å². The van der Waals surface area contributed by atoms with Gasteiger partial charge in [0.15, 0.2) is 0 Å². The zero-order valence-corrected chi connectivity index (χ0v) is 29.6. The number of rotatable bonds is 12. The van der Waals surface area contributed by atoms with Gasteiger partial charge in [0.25, 0.3) is 29.5 Å². The van der Waals surface area contributed by atoms with Gasteiger partial charge < -0.3 is 52.3 Å². The van der Waals surface area contributed by atoms with Crippen LogP contribution in [0.5, 0.6) is 0 Å². The van der Waals surface area contributed by atoms with Crippen LogP contribution in [0.3, 0.4) is 0 Å². The largest absolute Gasteiger partial charge is 0.370 e. The first-order valence-electron chi connectivity index (χ1n) is 15.5. The quantitative estimate of drug-likeness (QED) is 0.0814. The lowest BCUT2D eigenvalue weighted by molar-refractivity contribution is -0.118. The predicted molar refractivity (Wildman–Crippen MR) is 196 cm³/mol. The van der Waals surface area contributed by atoms with Crippen LogP contribution in [0.4, 0.5) is 22.7 Å². The summed E-state index contributed by atoms with van der Waals surface area (Å²) in [6, 6.07) is 5.21. The first-order valence-corrected chi connectivity index (χ1v) is 16.3. The Balaban J connectivity index is 1.23. The molecule has 0 radical (unpaired) electrons.